The first-order valence-electron chi connectivity index (χ1n) is 7.75. The zero-order valence-electron chi connectivity index (χ0n) is 14.3. The number of methoxy groups -OCH3 is 2. The summed E-state index contributed by atoms with van der Waals surface area (Å²) in [6, 6.07) is 4.25. The molecule has 1 aromatic rings. The average molecular weight is 369 g/mol. The van der Waals surface area contributed by atoms with Crippen LogP contribution in [0.25, 0.3) is 0 Å². The van der Waals surface area contributed by atoms with E-state index in [1.54, 1.807) is 33.3 Å². The van der Waals surface area contributed by atoms with E-state index >= 15 is 0 Å². The van der Waals surface area contributed by atoms with E-state index in [0.717, 1.165) is 5.56 Å². The number of hydrogen-bond donors (Lipinski definition) is 2. The Morgan fingerprint density at radius 1 is 1.32 bits per heavy atom. The molecule has 136 valence electrons. The van der Waals surface area contributed by atoms with E-state index in [4.69, 9.17) is 25.8 Å². The molecule has 8 heteroatoms. The molecule has 0 saturated carbocycles. The van der Waals surface area contributed by atoms with Gasteiger partial charge in [0.1, 0.15) is 5.75 Å². The molecular weight excluding hydrogens is 348 g/mol. The van der Waals surface area contributed by atoms with E-state index in [2.05, 4.69) is 10.6 Å². The van der Waals surface area contributed by atoms with Gasteiger partial charge in [0.25, 0.3) is 0 Å². The third kappa shape index (κ3) is 4.24. The number of allylic oxidation sites excluding steroid dienone is 1. The van der Waals surface area contributed by atoms with Crippen LogP contribution in [0.1, 0.15) is 24.1 Å². The number of hydrogen-bond acceptors (Lipinski definition) is 5. The van der Waals surface area contributed by atoms with Gasteiger partial charge in [-0.2, -0.15) is 0 Å². The molecule has 2 N–H and O–H groups in total. The number of urea groups is 1. The summed E-state index contributed by atoms with van der Waals surface area (Å²) in [5.74, 6) is 0.115. The van der Waals surface area contributed by atoms with Gasteiger partial charge >= 0.3 is 12.0 Å². The number of halogens is 1. The molecule has 2 amide bonds. The van der Waals surface area contributed by atoms with Crippen LogP contribution in [0, 0.1) is 0 Å². The van der Waals surface area contributed by atoms with Crippen molar-refractivity contribution in [2.45, 2.75) is 19.6 Å². The van der Waals surface area contributed by atoms with E-state index in [1.807, 2.05) is 6.07 Å². The Morgan fingerprint density at radius 2 is 2.08 bits per heavy atom. The van der Waals surface area contributed by atoms with Gasteiger partial charge in [-0.25, -0.2) is 9.59 Å². The van der Waals surface area contributed by atoms with Crippen LogP contribution >= 0.6 is 11.6 Å². The quantitative estimate of drug-likeness (QED) is 0.569. The second kappa shape index (κ2) is 8.73. The minimum absolute atomic E-state index is 0.0147. The van der Waals surface area contributed by atoms with E-state index in [0.29, 0.717) is 23.6 Å². The molecule has 1 heterocycles. The molecule has 2 rings (SSSR count). The summed E-state index contributed by atoms with van der Waals surface area (Å²) in [6.07, 6.45) is 0. The van der Waals surface area contributed by atoms with Gasteiger partial charge in [-0.15, -0.1) is 11.6 Å². The Bertz CT molecular complexity index is 690. The largest absolute Gasteiger partial charge is 0.496 e. The number of nitrogens with one attached hydrogen (secondary N) is 2. The van der Waals surface area contributed by atoms with Crippen LogP contribution in [0.3, 0.4) is 0 Å². The first-order chi connectivity index (χ1) is 12.0. The monoisotopic (exact) mass is 368 g/mol. The van der Waals surface area contributed by atoms with Crippen LogP contribution in [0.5, 0.6) is 5.75 Å². The van der Waals surface area contributed by atoms with Crippen LogP contribution < -0.4 is 15.4 Å². The number of esters is 1. The van der Waals surface area contributed by atoms with E-state index < -0.39 is 18.0 Å². The van der Waals surface area contributed by atoms with Gasteiger partial charge in [0.05, 0.1) is 37.8 Å². The molecule has 25 heavy (non-hydrogen) atoms. The molecule has 0 saturated heterocycles. The van der Waals surface area contributed by atoms with Crippen molar-refractivity contribution in [1.82, 2.24) is 10.6 Å². The van der Waals surface area contributed by atoms with Gasteiger partial charge in [-0.05, 0) is 24.6 Å². The standard InChI is InChI=1S/C17H21ClN2O5/c1-4-25-16(21)14-12(8-18)19-17(22)20-15(14)10-5-6-13(24-3)11(7-10)9-23-2/h5-7,15H,4,8-9H2,1-3H3,(H2,19,20,22)/t15-/m0/s1. The minimum Gasteiger partial charge on any atom is -0.496 e. The van der Waals surface area contributed by atoms with Crippen LogP contribution in [0.2, 0.25) is 0 Å². The normalized spacial score (nSPS) is 17.0. The first kappa shape index (κ1) is 19.1. The Kier molecular flexibility index (Phi) is 6.66. The zero-order valence-corrected chi connectivity index (χ0v) is 15.1. The van der Waals surface area contributed by atoms with Gasteiger partial charge in [0.2, 0.25) is 0 Å². The first-order valence-corrected chi connectivity index (χ1v) is 8.28. The van der Waals surface area contributed by atoms with E-state index in [-0.39, 0.29) is 18.1 Å². The minimum atomic E-state index is -0.678. The zero-order chi connectivity index (χ0) is 18.4. The molecule has 0 fully saturated rings. The van der Waals surface area contributed by atoms with Crippen LogP contribution in [-0.4, -0.2) is 38.7 Å². The van der Waals surface area contributed by atoms with Crippen molar-refractivity contribution >= 4 is 23.6 Å². The number of carbonyl (C=O) groups is 2. The molecule has 0 bridgehead atoms. The van der Waals surface area contributed by atoms with Crippen molar-refractivity contribution < 1.29 is 23.8 Å². The summed E-state index contributed by atoms with van der Waals surface area (Å²) in [5.41, 5.74) is 2.11. The summed E-state index contributed by atoms with van der Waals surface area (Å²) in [7, 11) is 3.14. The number of rotatable bonds is 7. The van der Waals surface area contributed by atoms with Gasteiger partial charge < -0.3 is 24.8 Å². The Labute approximate surface area is 151 Å². The lowest BCUT2D eigenvalue weighted by Crippen LogP contribution is -2.46. The van der Waals surface area contributed by atoms with Gasteiger partial charge in [0.15, 0.2) is 0 Å². The third-order valence-corrected chi connectivity index (χ3v) is 3.99. The van der Waals surface area contributed by atoms with Crippen LogP contribution in [-0.2, 0) is 20.9 Å². The molecular formula is C17H21ClN2O5. The number of benzene rings is 1. The van der Waals surface area contributed by atoms with Crippen molar-refractivity contribution in [2.75, 3.05) is 26.7 Å². The van der Waals surface area contributed by atoms with E-state index in [1.165, 1.54) is 0 Å². The van der Waals surface area contributed by atoms with Crippen LogP contribution in [0.4, 0.5) is 4.79 Å². The number of alkyl halides is 1. The highest BCUT2D eigenvalue weighted by molar-refractivity contribution is 6.20. The molecule has 0 aliphatic carbocycles. The van der Waals surface area contributed by atoms with Crippen molar-refractivity contribution in [3.63, 3.8) is 0 Å². The van der Waals surface area contributed by atoms with E-state index in [9.17, 15) is 9.59 Å². The van der Waals surface area contributed by atoms with Gasteiger partial charge in [-0.1, -0.05) is 6.07 Å². The highest BCUT2D eigenvalue weighted by Gasteiger charge is 2.33. The van der Waals surface area contributed by atoms with Crippen molar-refractivity contribution in [2.24, 2.45) is 0 Å². The lowest BCUT2D eigenvalue weighted by Gasteiger charge is -2.29. The summed E-state index contributed by atoms with van der Waals surface area (Å²) in [6.45, 7) is 2.26. The number of carbonyl (C=O) groups excluding carboxylic acids is 2. The predicted octanol–water partition coefficient (Wildman–Crippen LogP) is 2.25. The second-order valence-corrected chi connectivity index (χ2v) is 5.55. The highest BCUT2D eigenvalue weighted by Crippen LogP contribution is 2.31. The maximum Gasteiger partial charge on any atom is 0.338 e. The summed E-state index contributed by atoms with van der Waals surface area (Å²) in [5, 5.41) is 5.31. The fourth-order valence-corrected chi connectivity index (χ4v) is 2.88. The molecule has 1 aromatic carbocycles. The molecule has 1 atom stereocenters. The maximum atomic E-state index is 12.4. The molecule has 0 unspecified atom stereocenters. The predicted molar refractivity (Wildman–Crippen MR) is 92.5 cm³/mol. The van der Waals surface area contributed by atoms with Gasteiger partial charge in [0, 0.05) is 18.4 Å². The van der Waals surface area contributed by atoms with Crippen molar-refractivity contribution in [1.29, 1.82) is 0 Å². The van der Waals surface area contributed by atoms with Gasteiger partial charge in [-0.3, -0.25) is 0 Å². The molecule has 1 aliphatic heterocycles. The number of ether oxygens (including phenoxy) is 3. The summed E-state index contributed by atoms with van der Waals surface area (Å²) in [4.78, 5) is 24.4. The summed E-state index contributed by atoms with van der Waals surface area (Å²) >= 11 is 5.92. The third-order valence-electron chi connectivity index (χ3n) is 3.72. The maximum absolute atomic E-state index is 12.4. The SMILES string of the molecule is CCOC(=O)C1=C(CCl)NC(=O)N[C@H]1c1ccc(OC)c(COC)c1. The number of amides is 2. The molecule has 0 radical (unpaired) electrons. The lowest BCUT2D eigenvalue weighted by atomic mass is 9.94. The topological polar surface area (TPSA) is 85.9 Å². The highest BCUT2D eigenvalue weighted by atomic mass is 35.5. The van der Waals surface area contributed by atoms with Crippen molar-refractivity contribution in [3.8, 4) is 5.75 Å². The average Bonchev–Trinajstić information content (AvgIpc) is 2.61. The molecule has 1 aliphatic rings. The Balaban J connectivity index is 2.51. The lowest BCUT2D eigenvalue weighted by molar-refractivity contribution is -0.139. The Morgan fingerprint density at radius 3 is 2.68 bits per heavy atom. The fourth-order valence-electron chi connectivity index (χ4n) is 2.67. The van der Waals surface area contributed by atoms with Crippen LogP contribution in [0.15, 0.2) is 29.5 Å². The van der Waals surface area contributed by atoms with Crippen molar-refractivity contribution in [3.05, 3.63) is 40.6 Å². The second-order valence-electron chi connectivity index (χ2n) is 5.28. The Hall–Kier alpha value is -2.25. The smallest absolute Gasteiger partial charge is 0.338 e. The molecule has 7 nitrogen and oxygen atoms in total. The molecule has 0 spiro atoms. The molecule has 0 aromatic heterocycles. The fraction of sp³-hybridized carbons (Fsp3) is 0.412. The summed E-state index contributed by atoms with van der Waals surface area (Å²) < 4.78 is 15.6.